The summed E-state index contributed by atoms with van der Waals surface area (Å²) in [6, 6.07) is 10.7. The molecule has 0 unspecified atom stereocenters. The number of unbranched alkanes of at least 4 members (excludes halogenated alkanes) is 7. The van der Waals surface area contributed by atoms with Crippen molar-refractivity contribution in [1.29, 1.82) is 0 Å². The van der Waals surface area contributed by atoms with Crippen LogP contribution in [-0.4, -0.2) is 24.5 Å². The fourth-order valence-corrected chi connectivity index (χ4v) is 2.76. The molecule has 120 valence electrons. The van der Waals surface area contributed by atoms with Crippen LogP contribution in [0.2, 0.25) is 0 Å². The third kappa shape index (κ3) is 9.65. The molecule has 0 aromatic heterocycles. The van der Waals surface area contributed by atoms with Gasteiger partial charge in [0.2, 0.25) is 0 Å². The number of nitrogens with two attached hydrogens (primary N) is 1. The third-order valence-electron chi connectivity index (χ3n) is 4.02. The highest BCUT2D eigenvalue weighted by Crippen LogP contribution is 2.10. The van der Waals surface area contributed by atoms with Crippen molar-refractivity contribution in [3.63, 3.8) is 0 Å². The van der Waals surface area contributed by atoms with Crippen molar-refractivity contribution in [2.75, 3.05) is 19.6 Å². The van der Waals surface area contributed by atoms with E-state index in [-0.39, 0.29) is 0 Å². The van der Waals surface area contributed by atoms with Gasteiger partial charge in [0.15, 0.2) is 0 Å². The molecule has 2 nitrogen and oxygen atoms in total. The van der Waals surface area contributed by atoms with Crippen LogP contribution in [0.4, 0.5) is 0 Å². The first kappa shape index (κ1) is 18.2. The lowest BCUT2D eigenvalue weighted by atomic mass is 10.1. The van der Waals surface area contributed by atoms with E-state index in [0.717, 1.165) is 19.6 Å². The van der Waals surface area contributed by atoms with Gasteiger partial charge in [-0.2, -0.15) is 0 Å². The van der Waals surface area contributed by atoms with Gasteiger partial charge in [0.1, 0.15) is 0 Å². The molecule has 0 fully saturated rings. The molecule has 0 aliphatic heterocycles. The summed E-state index contributed by atoms with van der Waals surface area (Å²) in [7, 11) is 0. The second-order valence-corrected chi connectivity index (χ2v) is 6.03. The average molecular weight is 290 g/mol. The first-order chi connectivity index (χ1) is 10.4. The molecule has 0 bridgehead atoms. The van der Waals surface area contributed by atoms with E-state index in [1.807, 2.05) is 0 Å². The van der Waals surface area contributed by atoms with Gasteiger partial charge in [-0.15, -0.1) is 0 Å². The van der Waals surface area contributed by atoms with Gasteiger partial charge in [-0.05, 0) is 18.5 Å². The minimum absolute atomic E-state index is 0.754. The zero-order valence-electron chi connectivity index (χ0n) is 13.9. The molecule has 0 saturated carbocycles. The number of nitrogens with zero attached hydrogens (tertiary/aromatic N) is 1. The van der Waals surface area contributed by atoms with Crippen molar-refractivity contribution in [2.45, 2.75) is 64.8 Å². The first-order valence-corrected chi connectivity index (χ1v) is 8.83. The molecule has 1 rings (SSSR count). The lowest BCUT2D eigenvalue weighted by Crippen LogP contribution is -2.30. The summed E-state index contributed by atoms with van der Waals surface area (Å²) in [5, 5.41) is 0. The van der Waals surface area contributed by atoms with E-state index < -0.39 is 0 Å². The van der Waals surface area contributed by atoms with Gasteiger partial charge in [-0.3, -0.25) is 4.90 Å². The number of rotatable bonds is 13. The lowest BCUT2D eigenvalue weighted by molar-refractivity contribution is 0.265. The zero-order valence-corrected chi connectivity index (χ0v) is 13.9. The normalized spacial score (nSPS) is 11.2. The smallest absolute Gasteiger partial charge is 0.0234 e. The van der Waals surface area contributed by atoms with E-state index in [2.05, 4.69) is 42.2 Å². The van der Waals surface area contributed by atoms with Gasteiger partial charge >= 0.3 is 0 Å². The van der Waals surface area contributed by atoms with Crippen molar-refractivity contribution < 1.29 is 0 Å². The summed E-state index contributed by atoms with van der Waals surface area (Å²) in [6.07, 6.45) is 11.1. The fourth-order valence-electron chi connectivity index (χ4n) is 2.76. The van der Waals surface area contributed by atoms with E-state index in [1.165, 1.54) is 63.5 Å². The predicted octanol–water partition coefficient (Wildman–Crippen LogP) is 4.59. The average Bonchev–Trinajstić information content (AvgIpc) is 2.51. The number of hydrogen-bond donors (Lipinski definition) is 1. The molecule has 0 radical (unpaired) electrons. The molecule has 0 aliphatic carbocycles. The monoisotopic (exact) mass is 290 g/mol. The Hall–Kier alpha value is -0.860. The molecule has 2 N–H and O–H groups in total. The number of hydrogen-bond acceptors (Lipinski definition) is 2. The van der Waals surface area contributed by atoms with E-state index in [9.17, 15) is 0 Å². The summed E-state index contributed by atoms with van der Waals surface area (Å²) in [4.78, 5) is 2.49. The van der Waals surface area contributed by atoms with Crippen LogP contribution in [0, 0.1) is 0 Å². The third-order valence-corrected chi connectivity index (χ3v) is 4.02. The van der Waals surface area contributed by atoms with Crippen LogP contribution in [0.25, 0.3) is 0 Å². The molecule has 21 heavy (non-hydrogen) atoms. The molecule has 0 spiro atoms. The Kier molecular flexibility index (Phi) is 11.1. The highest BCUT2D eigenvalue weighted by atomic mass is 15.1. The maximum atomic E-state index is 5.74. The second-order valence-electron chi connectivity index (χ2n) is 6.03. The molecule has 0 amide bonds. The summed E-state index contributed by atoms with van der Waals surface area (Å²) in [6.45, 7) is 6.25. The van der Waals surface area contributed by atoms with Crippen molar-refractivity contribution in [1.82, 2.24) is 4.90 Å². The summed E-state index contributed by atoms with van der Waals surface area (Å²) in [5.74, 6) is 0. The summed E-state index contributed by atoms with van der Waals surface area (Å²) < 4.78 is 0. The summed E-state index contributed by atoms with van der Waals surface area (Å²) >= 11 is 0. The Morgan fingerprint density at radius 2 is 1.43 bits per heavy atom. The van der Waals surface area contributed by atoms with Gasteiger partial charge in [0.05, 0.1) is 0 Å². The number of benzene rings is 1. The molecule has 0 heterocycles. The Balaban J connectivity index is 2.11. The Morgan fingerprint density at radius 1 is 0.810 bits per heavy atom. The van der Waals surface area contributed by atoms with Crippen LogP contribution in [-0.2, 0) is 6.54 Å². The predicted molar refractivity (Wildman–Crippen MR) is 93.4 cm³/mol. The quantitative estimate of drug-likeness (QED) is 0.538. The molecule has 0 aliphatic rings. The fraction of sp³-hybridized carbons (Fsp3) is 0.684. The minimum Gasteiger partial charge on any atom is -0.329 e. The minimum atomic E-state index is 0.754. The van der Waals surface area contributed by atoms with Crippen LogP contribution < -0.4 is 5.73 Å². The molecule has 0 atom stereocenters. The molecule has 0 saturated heterocycles. The Labute approximate surface area is 131 Å². The van der Waals surface area contributed by atoms with Crippen LogP contribution in [0.3, 0.4) is 0 Å². The second kappa shape index (κ2) is 12.8. The van der Waals surface area contributed by atoms with Crippen LogP contribution in [0.1, 0.15) is 63.9 Å². The SMILES string of the molecule is CCCCCCCCCCN(CCN)Cc1ccccc1. The van der Waals surface area contributed by atoms with Gasteiger partial charge < -0.3 is 5.73 Å². The topological polar surface area (TPSA) is 29.3 Å². The maximum Gasteiger partial charge on any atom is 0.0234 e. The van der Waals surface area contributed by atoms with Crippen molar-refractivity contribution in [3.8, 4) is 0 Å². The maximum absolute atomic E-state index is 5.74. The molecular formula is C19H34N2. The van der Waals surface area contributed by atoms with Gasteiger partial charge in [0, 0.05) is 19.6 Å². The molecule has 2 heteroatoms. The van der Waals surface area contributed by atoms with E-state index in [0.29, 0.717) is 0 Å². The standard InChI is InChI=1S/C19H34N2/c1-2-3-4-5-6-7-8-12-16-21(17-15-20)18-19-13-10-9-11-14-19/h9-11,13-14H,2-8,12,15-18,20H2,1H3. The molecule has 1 aromatic rings. The van der Waals surface area contributed by atoms with Crippen LogP contribution in [0.15, 0.2) is 30.3 Å². The largest absolute Gasteiger partial charge is 0.329 e. The highest BCUT2D eigenvalue weighted by molar-refractivity contribution is 5.14. The van der Waals surface area contributed by atoms with Crippen LogP contribution in [0.5, 0.6) is 0 Å². The van der Waals surface area contributed by atoms with Gasteiger partial charge in [-0.1, -0.05) is 82.2 Å². The van der Waals surface area contributed by atoms with Gasteiger partial charge in [0.25, 0.3) is 0 Å². The first-order valence-electron chi connectivity index (χ1n) is 8.83. The van der Waals surface area contributed by atoms with E-state index in [1.54, 1.807) is 0 Å². The van der Waals surface area contributed by atoms with E-state index in [4.69, 9.17) is 5.73 Å². The summed E-state index contributed by atoms with van der Waals surface area (Å²) in [5.41, 5.74) is 7.13. The Morgan fingerprint density at radius 3 is 2.05 bits per heavy atom. The van der Waals surface area contributed by atoms with Crippen molar-refractivity contribution in [3.05, 3.63) is 35.9 Å². The van der Waals surface area contributed by atoms with Gasteiger partial charge in [-0.25, -0.2) is 0 Å². The zero-order chi connectivity index (χ0) is 15.2. The van der Waals surface area contributed by atoms with Crippen molar-refractivity contribution >= 4 is 0 Å². The highest BCUT2D eigenvalue weighted by Gasteiger charge is 2.04. The van der Waals surface area contributed by atoms with E-state index >= 15 is 0 Å². The van der Waals surface area contributed by atoms with Crippen molar-refractivity contribution in [2.24, 2.45) is 5.73 Å². The lowest BCUT2D eigenvalue weighted by Gasteiger charge is -2.21. The van der Waals surface area contributed by atoms with Crippen LogP contribution >= 0.6 is 0 Å². The molecule has 1 aromatic carbocycles. The molecular weight excluding hydrogens is 256 g/mol. The Bertz CT molecular complexity index is 324.